The average Bonchev–Trinajstić information content (AvgIpc) is 3.11. The van der Waals surface area contributed by atoms with E-state index in [-0.39, 0.29) is 27.2 Å². The molecule has 2 N–H and O–H groups in total. The van der Waals surface area contributed by atoms with E-state index in [9.17, 15) is 22.8 Å². The molecule has 0 fully saturated rings. The average molecular weight is 406 g/mol. The van der Waals surface area contributed by atoms with Crippen LogP contribution in [0.5, 0.6) is 0 Å². The van der Waals surface area contributed by atoms with E-state index in [1.165, 1.54) is 25.3 Å². The number of halogens is 3. The van der Waals surface area contributed by atoms with E-state index in [1.807, 2.05) is 6.07 Å². The van der Waals surface area contributed by atoms with E-state index >= 15 is 0 Å². The number of aromatic nitrogens is 2. The Morgan fingerprint density at radius 2 is 2.14 bits per heavy atom. The van der Waals surface area contributed by atoms with Gasteiger partial charge in [-0.15, -0.1) is 11.3 Å². The summed E-state index contributed by atoms with van der Waals surface area (Å²) in [5, 5.41) is 12.7. The van der Waals surface area contributed by atoms with Crippen molar-refractivity contribution in [2.75, 3.05) is 0 Å². The summed E-state index contributed by atoms with van der Waals surface area (Å²) in [5.41, 5.74) is -2.08. The molecule has 144 valence electrons. The summed E-state index contributed by atoms with van der Waals surface area (Å²) in [7, 11) is 0. The fourth-order valence-corrected chi connectivity index (χ4v) is 3.56. The van der Waals surface area contributed by atoms with Gasteiger partial charge in [0.05, 0.1) is 11.6 Å². The van der Waals surface area contributed by atoms with Gasteiger partial charge in [0.2, 0.25) is 0 Å². The highest BCUT2D eigenvalue weighted by Gasteiger charge is 2.45. The number of alkyl halides is 2. The summed E-state index contributed by atoms with van der Waals surface area (Å²) in [6, 6.07) is 4.28. The molecule has 0 spiro atoms. The SMILES string of the molecule is Cc1c(C(F)(F)C(=O)N[C@H](C)c2nc(C#N)cs2)c(=O)[nH]c2ccc(F)cc12. The summed E-state index contributed by atoms with van der Waals surface area (Å²) < 4.78 is 43.2. The van der Waals surface area contributed by atoms with Gasteiger partial charge in [0, 0.05) is 16.3 Å². The molecule has 1 amide bonds. The number of H-pyrrole nitrogens is 1. The highest BCUT2D eigenvalue weighted by Crippen LogP contribution is 2.32. The Hall–Kier alpha value is -3.19. The molecule has 1 aromatic carbocycles. The van der Waals surface area contributed by atoms with Gasteiger partial charge in [-0.2, -0.15) is 14.0 Å². The summed E-state index contributed by atoms with van der Waals surface area (Å²) in [5.74, 6) is -6.52. The third kappa shape index (κ3) is 3.36. The van der Waals surface area contributed by atoms with Gasteiger partial charge in [0.25, 0.3) is 11.5 Å². The number of pyridine rings is 1. The number of amides is 1. The van der Waals surface area contributed by atoms with Gasteiger partial charge in [-0.1, -0.05) is 0 Å². The van der Waals surface area contributed by atoms with Gasteiger partial charge in [0.1, 0.15) is 16.9 Å². The van der Waals surface area contributed by atoms with Crippen molar-refractivity contribution >= 4 is 28.1 Å². The molecular weight excluding hydrogens is 393 g/mol. The molecule has 3 aromatic rings. The number of hydrogen-bond donors (Lipinski definition) is 2. The molecule has 28 heavy (non-hydrogen) atoms. The normalized spacial score (nSPS) is 12.6. The maximum absolute atomic E-state index is 14.9. The minimum atomic E-state index is -4.16. The smallest absolute Gasteiger partial charge is 0.342 e. The second-order valence-electron chi connectivity index (χ2n) is 6.10. The van der Waals surface area contributed by atoms with Crippen LogP contribution in [0.3, 0.4) is 0 Å². The van der Waals surface area contributed by atoms with Crippen LogP contribution in [0.4, 0.5) is 13.2 Å². The molecule has 0 unspecified atom stereocenters. The zero-order valence-corrected chi connectivity index (χ0v) is 15.5. The number of benzene rings is 1. The minimum absolute atomic E-state index is 0.0775. The fraction of sp³-hybridized carbons (Fsp3) is 0.222. The van der Waals surface area contributed by atoms with E-state index in [1.54, 1.807) is 0 Å². The first-order chi connectivity index (χ1) is 13.1. The molecule has 0 aliphatic heterocycles. The largest absolute Gasteiger partial charge is 0.355 e. The topological polar surface area (TPSA) is 98.6 Å². The minimum Gasteiger partial charge on any atom is -0.342 e. The summed E-state index contributed by atoms with van der Waals surface area (Å²) in [6.45, 7) is 2.66. The van der Waals surface area contributed by atoms with Crippen LogP contribution in [-0.2, 0) is 10.7 Å². The maximum atomic E-state index is 14.9. The summed E-state index contributed by atoms with van der Waals surface area (Å²) in [4.78, 5) is 30.7. The summed E-state index contributed by atoms with van der Waals surface area (Å²) >= 11 is 1.04. The van der Waals surface area contributed by atoms with Crippen LogP contribution in [0, 0.1) is 24.1 Å². The molecule has 0 aliphatic carbocycles. The number of aryl methyl sites for hydroxylation is 1. The van der Waals surface area contributed by atoms with Crippen molar-refractivity contribution in [2.24, 2.45) is 0 Å². The third-order valence-electron chi connectivity index (χ3n) is 4.19. The third-order valence-corrected chi connectivity index (χ3v) is 5.22. The van der Waals surface area contributed by atoms with Crippen molar-refractivity contribution in [3.8, 4) is 6.07 Å². The van der Waals surface area contributed by atoms with Crippen LogP contribution in [0.25, 0.3) is 10.9 Å². The number of nitrogens with one attached hydrogen (secondary N) is 2. The second-order valence-corrected chi connectivity index (χ2v) is 6.99. The Kier molecular flexibility index (Phi) is 4.95. The molecule has 10 heteroatoms. The molecule has 0 saturated heterocycles. The van der Waals surface area contributed by atoms with Gasteiger partial charge in [-0.25, -0.2) is 9.37 Å². The maximum Gasteiger partial charge on any atom is 0.355 e. The zero-order valence-electron chi connectivity index (χ0n) is 14.6. The standard InChI is InChI=1S/C18H13F3N4O2S/c1-8-12-5-10(19)3-4-13(12)25-15(26)14(8)18(20,21)17(27)23-9(2)16-24-11(6-22)7-28-16/h3-5,7,9H,1-2H3,(H,23,27)(H,25,26)/t9-/m1/s1. The van der Waals surface area contributed by atoms with Crippen molar-refractivity contribution in [3.05, 3.63) is 61.6 Å². The first-order valence-corrected chi connectivity index (χ1v) is 8.90. The van der Waals surface area contributed by atoms with Crippen molar-refractivity contribution in [2.45, 2.75) is 25.8 Å². The predicted molar refractivity (Wildman–Crippen MR) is 96.5 cm³/mol. The molecule has 0 saturated carbocycles. The van der Waals surface area contributed by atoms with Gasteiger partial charge >= 0.3 is 5.92 Å². The first kappa shape index (κ1) is 19.6. The monoisotopic (exact) mass is 406 g/mol. The number of rotatable bonds is 4. The van der Waals surface area contributed by atoms with Crippen LogP contribution in [0.1, 0.15) is 34.8 Å². The molecular formula is C18H13F3N4O2S. The van der Waals surface area contributed by atoms with Crippen molar-refractivity contribution in [1.82, 2.24) is 15.3 Å². The molecule has 6 nitrogen and oxygen atoms in total. The van der Waals surface area contributed by atoms with Crippen LogP contribution >= 0.6 is 11.3 Å². The van der Waals surface area contributed by atoms with Gasteiger partial charge in [0.15, 0.2) is 5.69 Å². The molecule has 1 atom stereocenters. The van der Waals surface area contributed by atoms with Crippen LogP contribution in [-0.4, -0.2) is 15.9 Å². The van der Waals surface area contributed by atoms with Crippen LogP contribution in [0.15, 0.2) is 28.4 Å². The molecule has 0 bridgehead atoms. The Bertz CT molecular complexity index is 1180. The fourth-order valence-electron chi connectivity index (χ4n) is 2.80. The molecule has 2 aromatic heterocycles. The molecule has 0 radical (unpaired) electrons. The number of nitriles is 1. The highest BCUT2D eigenvalue weighted by molar-refractivity contribution is 7.09. The van der Waals surface area contributed by atoms with Crippen LogP contribution < -0.4 is 10.9 Å². The lowest BCUT2D eigenvalue weighted by Crippen LogP contribution is -2.43. The Morgan fingerprint density at radius 3 is 2.79 bits per heavy atom. The number of aromatic amines is 1. The number of hydrogen-bond acceptors (Lipinski definition) is 5. The van der Waals surface area contributed by atoms with E-state index in [0.717, 1.165) is 23.5 Å². The summed E-state index contributed by atoms with van der Waals surface area (Å²) in [6.07, 6.45) is 0. The lowest BCUT2D eigenvalue weighted by Gasteiger charge is -2.20. The van der Waals surface area contributed by atoms with Gasteiger partial charge in [-0.05, 0) is 37.6 Å². The van der Waals surface area contributed by atoms with E-state index in [2.05, 4.69) is 15.3 Å². The number of thiazole rings is 1. The quantitative estimate of drug-likeness (QED) is 0.695. The second kappa shape index (κ2) is 7.09. The van der Waals surface area contributed by atoms with E-state index < -0.39 is 34.8 Å². The van der Waals surface area contributed by atoms with Gasteiger partial charge in [-0.3, -0.25) is 9.59 Å². The van der Waals surface area contributed by atoms with Crippen molar-refractivity contribution in [1.29, 1.82) is 5.26 Å². The Morgan fingerprint density at radius 1 is 1.43 bits per heavy atom. The van der Waals surface area contributed by atoms with E-state index in [0.29, 0.717) is 0 Å². The lowest BCUT2D eigenvalue weighted by molar-refractivity contribution is -0.148. The highest BCUT2D eigenvalue weighted by atomic mass is 32.1. The number of nitrogens with zero attached hydrogens (tertiary/aromatic N) is 2. The number of fused-ring (bicyclic) bond motifs is 1. The van der Waals surface area contributed by atoms with Gasteiger partial charge < -0.3 is 10.3 Å². The van der Waals surface area contributed by atoms with Crippen molar-refractivity contribution in [3.63, 3.8) is 0 Å². The predicted octanol–water partition coefficient (Wildman–Crippen LogP) is 3.27. The Labute approximate surface area is 160 Å². The zero-order chi connectivity index (χ0) is 20.6. The lowest BCUT2D eigenvalue weighted by atomic mass is 9.99. The Balaban J connectivity index is 1.98. The molecule has 2 heterocycles. The van der Waals surface area contributed by atoms with Crippen molar-refractivity contribution < 1.29 is 18.0 Å². The van der Waals surface area contributed by atoms with E-state index in [4.69, 9.17) is 5.26 Å². The van der Waals surface area contributed by atoms with Crippen LogP contribution in [0.2, 0.25) is 0 Å². The molecule has 3 rings (SSSR count). The number of carbonyl (C=O) groups excluding carboxylic acids is 1. The molecule has 0 aliphatic rings. The first-order valence-electron chi connectivity index (χ1n) is 8.02. The number of carbonyl (C=O) groups is 1.